The van der Waals surface area contributed by atoms with E-state index in [1.54, 1.807) is 0 Å². The standard InChI is InChI=1S/C37H54N2O5S2/c1-9-24-29(41)39(31(45)46-24)21-28(40)44-38-27-13-14-34(6)25(33(27,4)5)12-15-36(8)26(34)11-10-22-23-20-32(2,3)16-18-37(23,30(42)43)19-17-35(22,36)7/h10,23-26H,9,11-21H2,1-8H3,(H,42,43)/b38-27+/t23?,24?,25?,26?,34-,35+,36+,37-/m0/s1. The van der Waals surface area contributed by atoms with Crippen molar-refractivity contribution in [2.24, 2.45) is 55.4 Å². The second-order valence-electron chi connectivity index (χ2n) is 17.6. The fourth-order valence-electron chi connectivity index (χ4n) is 11.8. The predicted octanol–water partition coefficient (Wildman–Crippen LogP) is 8.41. The molecular weight excluding hydrogens is 617 g/mol. The summed E-state index contributed by atoms with van der Waals surface area (Å²) in [6, 6.07) is 0. The Balaban J connectivity index is 1.24. The second kappa shape index (κ2) is 11.1. The van der Waals surface area contributed by atoms with Crippen LogP contribution in [0.25, 0.3) is 0 Å². The van der Waals surface area contributed by atoms with Crippen LogP contribution in [-0.2, 0) is 19.2 Å². The highest BCUT2D eigenvalue weighted by Gasteiger charge is 2.69. The molecule has 46 heavy (non-hydrogen) atoms. The zero-order valence-corrected chi connectivity index (χ0v) is 30.8. The van der Waals surface area contributed by atoms with E-state index in [0.717, 1.165) is 69.9 Å². The molecule has 1 N–H and O–H groups in total. The van der Waals surface area contributed by atoms with Crippen LogP contribution in [0, 0.1) is 50.2 Å². The number of hydrogen-bond donors (Lipinski definition) is 1. The first-order valence-electron chi connectivity index (χ1n) is 17.6. The Morgan fingerprint density at radius 1 is 1.04 bits per heavy atom. The normalized spacial score (nSPS) is 43.6. The van der Waals surface area contributed by atoms with E-state index in [4.69, 9.17) is 17.1 Å². The highest BCUT2D eigenvalue weighted by molar-refractivity contribution is 8.24. The van der Waals surface area contributed by atoms with Gasteiger partial charge in [-0.15, -0.1) is 0 Å². The number of aliphatic carboxylic acids is 1. The van der Waals surface area contributed by atoms with Crippen LogP contribution in [0.2, 0.25) is 0 Å². The van der Waals surface area contributed by atoms with Crippen molar-refractivity contribution in [2.45, 2.75) is 131 Å². The molecule has 9 heteroatoms. The number of fused-ring (bicyclic) bond motifs is 7. The molecule has 6 rings (SSSR count). The van der Waals surface area contributed by atoms with Crippen molar-refractivity contribution in [2.75, 3.05) is 6.54 Å². The molecule has 6 aliphatic rings. The molecule has 254 valence electrons. The third-order valence-corrected chi connectivity index (χ3v) is 16.5. The SMILES string of the molecule is CCC1SC(=S)N(CC(=O)O/N=C2\CC[C@@]3(C)C(CC[C@]4(C)C3CC=C3C5CC(C)(C)CC[C@]5(C(=O)O)CC[C@]34C)C2(C)C)C1=O. The van der Waals surface area contributed by atoms with Crippen LogP contribution < -0.4 is 0 Å². The molecule has 8 atom stereocenters. The van der Waals surface area contributed by atoms with Crippen molar-refractivity contribution in [3.05, 3.63) is 11.6 Å². The number of carboxylic acid groups (broad SMARTS) is 1. The summed E-state index contributed by atoms with van der Waals surface area (Å²) in [6.07, 6.45) is 12.6. The van der Waals surface area contributed by atoms with Gasteiger partial charge in [0.15, 0.2) is 0 Å². The number of hydrogen-bond acceptors (Lipinski definition) is 7. The van der Waals surface area contributed by atoms with Gasteiger partial charge in [0, 0.05) is 5.41 Å². The monoisotopic (exact) mass is 670 g/mol. The zero-order valence-electron chi connectivity index (χ0n) is 29.2. The number of carboxylic acids is 1. The fraction of sp³-hybridized carbons (Fsp3) is 0.811. The highest BCUT2D eigenvalue weighted by Crippen LogP contribution is 2.75. The summed E-state index contributed by atoms with van der Waals surface area (Å²) in [4.78, 5) is 45.3. The molecule has 4 saturated carbocycles. The molecule has 0 spiro atoms. The Kier molecular flexibility index (Phi) is 8.27. The van der Waals surface area contributed by atoms with Crippen molar-refractivity contribution < 1.29 is 24.3 Å². The van der Waals surface area contributed by atoms with Gasteiger partial charge in [-0.05, 0) is 110 Å². The number of allylic oxidation sites excluding steroid dienone is 2. The van der Waals surface area contributed by atoms with Crippen LogP contribution in [0.1, 0.15) is 126 Å². The molecule has 1 aliphatic heterocycles. The molecule has 1 saturated heterocycles. The van der Waals surface area contributed by atoms with E-state index >= 15 is 0 Å². The molecule has 4 unspecified atom stereocenters. The van der Waals surface area contributed by atoms with Gasteiger partial charge >= 0.3 is 11.9 Å². The van der Waals surface area contributed by atoms with Gasteiger partial charge in [0.2, 0.25) is 5.91 Å². The number of amides is 1. The number of carbonyl (C=O) groups excluding carboxylic acids is 2. The smallest absolute Gasteiger partial charge is 0.354 e. The van der Waals surface area contributed by atoms with Gasteiger partial charge in [0.1, 0.15) is 10.9 Å². The number of oxime groups is 1. The van der Waals surface area contributed by atoms with Crippen molar-refractivity contribution in [3.8, 4) is 0 Å². The Labute approximate surface area is 285 Å². The molecule has 0 aromatic rings. The van der Waals surface area contributed by atoms with E-state index in [0.29, 0.717) is 22.6 Å². The molecule has 0 bridgehead atoms. The maximum Gasteiger partial charge on any atom is 0.354 e. The van der Waals surface area contributed by atoms with Gasteiger partial charge < -0.3 is 9.94 Å². The van der Waals surface area contributed by atoms with Gasteiger partial charge in [0.05, 0.1) is 16.4 Å². The number of rotatable bonds is 5. The molecular formula is C37H54N2O5S2. The summed E-state index contributed by atoms with van der Waals surface area (Å²) in [5, 5.41) is 14.9. The zero-order chi connectivity index (χ0) is 33.7. The Hall–Kier alpha value is -1.74. The maximum atomic E-state index is 12.9. The quantitative estimate of drug-likeness (QED) is 0.136. The average molecular weight is 671 g/mol. The van der Waals surface area contributed by atoms with Gasteiger partial charge in [-0.2, -0.15) is 0 Å². The Bertz CT molecular complexity index is 1420. The van der Waals surface area contributed by atoms with E-state index in [-0.39, 0.29) is 50.7 Å². The lowest BCUT2D eigenvalue weighted by Gasteiger charge is -2.70. The van der Waals surface area contributed by atoms with Crippen LogP contribution in [0.3, 0.4) is 0 Å². The van der Waals surface area contributed by atoms with Gasteiger partial charge in [-0.25, -0.2) is 4.79 Å². The van der Waals surface area contributed by atoms with Gasteiger partial charge in [-0.3, -0.25) is 14.5 Å². The third-order valence-electron chi connectivity index (χ3n) is 14.8. The largest absolute Gasteiger partial charge is 0.481 e. The summed E-state index contributed by atoms with van der Waals surface area (Å²) in [5.41, 5.74) is 1.82. The summed E-state index contributed by atoms with van der Waals surface area (Å²) in [7, 11) is 0. The minimum absolute atomic E-state index is 0.0162. The number of carbonyl (C=O) groups is 3. The van der Waals surface area contributed by atoms with E-state index in [1.165, 1.54) is 22.2 Å². The molecule has 5 aliphatic carbocycles. The van der Waals surface area contributed by atoms with E-state index in [9.17, 15) is 19.5 Å². The first-order valence-corrected chi connectivity index (χ1v) is 18.9. The lowest BCUT2D eigenvalue weighted by Crippen LogP contribution is -2.64. The summed E-state index contributed by atoms with van der Waals surface area (Å²) in [6.45, 7) is 18.5. The Morgan fingerprint density at radius 3 is 2.39 bits per heavy atom. The average Bonchev–Trinajstić information content (AvgIpc) is 3.24. The summed E-state index contributed by atoms with van der Waals surface area (Å²) in [5.74, 6) is -0.288. The molecule has 7 nitrogen and oxygen atoms in total. The molecule has 0 aromatic heterocycles. The Morgan fingerprint density at radius 2 is 1.74 bits per heavy atom. The van der Waals surface area contributed by atoms with Crippen molar-refractivity contribution >= 4 is 51.9 Å². The molecule has 1 amide bonds. The fourth-order valence-corrected chi connectivity index (χ4v) is 13.2. The molecule has 0 radical (unpaired) electrons. The molecule has 1 heterocycles. The topological polar surface area (TPSA) is 96.3 Å². The van der Waals surface area contributed by atoms with Crippen LogP contribution >= 0.6 is 24.0 Å². The van der Waals surface area contributed by atoms with E-state index < -0.39 is 17.4 Å². The van der Waals surface area contributed by atoms with Crippen molar-refractivity contribution in [3.63, 3.8) is 0 Å². The predicted molar refractivity (Wildman–Crippen MR) is 186 cm³/mol. The minimum atomic E-state index is -0.621. The van der Waals surface area contributed by atoms with Crippen LogP contribution in [0.15, 0.2) is 16.8 Å². The maximum absolute atomic E-state index is 12.9. The van der Waals surface area contributed by atoms with Crippen molar-refractivity contribution in [1.29, 1.82) is 0 Å². The van der Waals surface area contributed by atoms with Crippen LogP contribution in [0.5, 0.6) is 0 Å². The highest BCUT2D eigenvalue weighted by atomic mass is 32.2. The van der Waals surface area contributed by atoms with E-state index in [2.05, 4.69) is 59.7 Å². The van der Waals surface area contributed by atoms with Gasteiger partial charge in [-0.1, -0.05) is 96.2 Å². The first-order chi connectivity index (χ1) is 21.4. The number of thiocarbonyl (C=S) groups is 1. The number of nitrogens with zero attached hydrogens (tertiary/aromatic N) is 2. The van der Waals surface area contributed by atoms with E-state index in [1.807, 2.05) is 6.92 Å². The molecule has 0 aromatic carbocycles. The van der Waals surface area contributed by atoms with Gasteiger partial charge in [0.25, 0.3) is 0 Å². The van der Waals surface area contributed by atoms with Crippen LogP contribution in [0.4, 0.5) is 0 Å². The van der Waals surface area contributed by atoms with Crippen LogP contribution in [-0.4, -0.2) is 49.7 Å². The lowest BCUT2D eigenvalue weighted by molar-refractivity contribution is -0.179. The second-order valence-corrected chi connectivity index (χ2v) is 19.4. The minimum Gasteiger partial charge on any atom is -0.481 e. The van der Waals surface area contributed by atoms with Crippen molar-refractivity contribution in [1.82, 2.24) is 4.90 Å². The summed E-state index contributed by atoms with van der Waals surface area (Å²) < 4.78 is 0.428. The summed E-state index contributed by atoms with van der Waals surface area (Å²) >= 11 is 6.69. The lowest BCUT2D eigenvalue weighted by atomic mass is 9.33. The molecule has 5 fully saturated rings. The third kappa shape index (κ3) is 4.81. The number of thioether (sulfide) groups is 1. The first kappa shape index (κ1) is 34.1.